The van der Waals surface area contributed by atoms with Gasteiger partial charge in [-0.2, -0.15) is 0 Å². The first-order valence-electron chi connectivity index (χ1n) is 8.77. The van der Waals surface area contributed by atoms with Gasteiger partial charge in [0.15, 0.2) is 0 Å². The zero-order chi connectivity index (χ0) is 21.1. The fourth-order valence-electron chi connectivity index (χ4n) is 3.07. The van der Waals surface area contributed by atoms with Gasteiger partial charge in [-0.15, -0.1) is 0 Å². The summed E-state index contributed by atoms with van der Waals surface area (Å²) in [5.74, 6) is -0.423. The third-order valence-corrected chi connectivity index (χ3v) is 5.92. The lowest BCUT2D eigenvalue weighted by Crippen LogP contribution is -2.16. The molecule has 0 aliphatic heterocycles. The Bertz CT molecular complexity index is 968. The smallest absolute Gasteiger partial charge is 0.305 e. The van der Waals surface area contributed by atoms with Crippen LogP contribution in [0.1, 0.15) is 28.7 Å². The molecule has 0 fully saturated rings. The highest BCUT2D eigenvalue weighted by Gasteiger charge is 2.22. The van der Waals surface area contributed by atoms with E-state index in [1.165, 1.54) is 12.1 Å². The molecule has 0 radical (unpaired) electrons. The predicted octanol–water partition coefficient (Wildman–Crippen LogP) is 4.49. The van der Waals surface area contributed by atoms with E-state index in [0.717, 1.165) is 28.1 Å². The molecule has 0 heterocycles. The molecule has 0 aromatic heterocycles. The molecule has 3 N–H and O–H groups in total. The summed E-state index contributed by atoms with van der Waals surface area (Å²) >= 11 is 0. The summed E-state index contributed by atoms with van der Waals surface area (Å²) in [5.41, 5.74) is 4.65. The summed E-state index contributed by atoms with van der Waals surface area (Å²) in [7, 11) is -3.88. The average Bonchev–Trinajstić information content (AvgIpc) is 2.54. The van der Waals surface area contributed by atoms with Crippen molar-refractivity contribution in [1.29, 1.82) is 0 Å². The summed E-state index contributed by atoms with van der Waals surface area (Å²) in [4.78, 5) is 20.7. The number of carbonyl (C=O) groups is 1. The Morgan fingerprint density at radius 1 is 1.18 bits per heavy atom. The molecule has 2 aromatic carbocycles. The van der Waals surface area contributed by atoms with Crippen LogP contribution in [0.15, 0.2) is 36.1 Å². The summed E-state index contributed by atoms with van der Waals surface area (Å²) in [6, 6.07) is 8.61. The van der Waals surface area contributed by atoms with E-state index in [-0.39, 0.29) is 5.82 Å². The van der Waals surface area contributed by atoms with Gasteiger partial charge in [-0.1, -0.05) is 23.8 Å². The zero-order valence-electron chi connectivity index (χ0n) is 16.0. The second-order valence-corrected chi connectivity index (χ2v) is 9.19. The van der Waals surface area contributed by atoms with Crippen molar-refractivity contribution in [2.24, 2.45) is 0 Å². The first-order chi connectivity index (χ1) is 13.0. The van der Waals surface area contributed by atoms with E-state index in [2.05, 4.69) is 0 Å². The molecular formula is C21H24FO5P. The van der Waals surface area contributed by atoms with Crippen molar-refractivity contribution >= 4 is 19.4 Å². The van der Waals surface area contributed by atoms with Crippen LogP contribution in [-0.2, 0) is 9.36 Å². The van der Waals surface area contributed by atoms with Crippen molar-refractivity contribution < 1.29 is 28.9 Å². The van der Waals surface area contributed by atoms with Gasteiger partial charge in [0, 0.05) is 5.82 Å². The van der Waals surface area contributed by atoms with Crippen LogP contribution in [0, 0.1) is 26.6 Å². The van der Waals surface area contributed by atoms with Crippen LogP contribution in [0.3, 0.4) is 0 Å². The largest absolute Gasteiger partial charge is 0.481 e. The first-order valence-corrected chi connectivity index (χ1v) is 10.7. The number of hydrogen-bond acceptors (Lipinski definition) is 3. The van der Waals surface area contributed by atoms with Crippen molar-refractivity contribution in [2.45, 2.75) is 33.3 Å². The van der Waals surface area contributed by atoms with Gasteiger partial charge >= 0.3 is 5.97 Å². The van der Waals surface area contributed by atoms with Gasteiger partial charge in [-0.05, 0) is 66.8 Å². The Balaban J connectivity index is 2.42. The van der Waals surface area contributed by atoms with Gasteiger partial charge < -0.3 is 15.1 Å². The van der Waals surface area contributed by atoms with Crippen molar-refractivity contribution in [3.8, 4) is 11.1 Å². The summed E-state index contributed by atoms with van der Waals surface area (Å²) in [5, 5.41) is 18.3. The minimum Gasteiger partial charge on any atom is -0.481 e. The fourth-order valence-corrected chi connectivity index (χ4v) is 4.31. The molecule has 0 aliphatic rings. The molecule has 2 aromatic rings. The molecule has 0 aliphatic carbocycles. The van der Waals surface area contributed by atoms with Crippen LogP contribution in [-0.4, -0.2) is 33.3 Å². The molecule has 0 saturated carbocycles. The van der Waals surface area contributed by atoms with E-state index >= 15 is 0 Å². The summed E-state index contributed by atoms with van der Waals surface area (Å²) in [6.45, 7) is 5.47. The highest BCUT2D eigenvalue weighted by molar-refractivity contribution is 7.61. The van der Waals surface area contributed by atoms with Crippen molar-refractivity contribution in [1.82, 2.24) is 0 Å². The third kappa shape index (κ3) is 5.86. The fraction of sp³-hybridized carbons (Fsp3) is 0.286. The lowest BCUT2D eigenvalue weighted by Gasteiger charge is -2.14. The third-order valence-electron chi connectivity index (χ3n) is 4.36. The zero-order valence-corrected chi connectivity index (χ0v) is 16.9. The number of aryl methyl sites for hydroxylation is 3. The van der Waals surface area contributed by atoms with Crippen LogP contribution in [0.5, 0.6) is 0 Å². The number of halogens is 1. The normalized spacial score (nSPS) is 14.8. The molecule has 0 saturated heterocycles. The number of carboxylic acids is 1. The van der Waals surface area contributed by atoms with E-state index in [1.54, 1.807) is 19.1 Å². The van der Waals surface area contributed by atoms with Gasteiger partial charge in [-0.25, -0.2) is 4.39 Å². The molecule has 1 unspecified atom stereocenters. The Morgan fingerprint density at radius 2 is 1.86 bits per heavy atom. The molecule has 2 atom stereocenters. The van der Waals surface area contributed by atoms with Gasteiger partial charge in [0.2, 0.25) is 7.37 Å². The number of aliphatic carboxylic acids is 1. The maximum atomic E-state index is 13.6. The lowest BCUT2D eigenvalue weighted by atomic mass is 9.93. The standard InChI is InChI=1S/C21H24FO5P/c1-13-8-14(2)18(6-7-28(26,27)12-17(23)11-21(24)25)19(9-13)16-4-5-20(22)15(3)10-16/h4-10,17,23H,11-12H2,1-3H3,(H,24,25)(H,26,27)/b7-6+/t17-/m1/s1. The highest BCUT2D eigenvalue weighted by Crippen LogP contribution is 2.44. The maximum absolute atomic E-state index is 13.6. The minimum absolute atomic E-state index is 0.308. The molecule has 2 rings (SSSR count). The lowest BCUT2D eigenvalue weighted by molar-refractivity contribution is -0.138. The van der Waals surface area contributed by atoms with E-state index in [1.807, 2.05) is 26.0 Å². The van der Waals surface area contributed by atoms with Gasteiger partial charge in [0.05, 0.1) is 18.7 Å². The van der Waals surface area contributed by atoms with Gasteiger partial charge in [0.25, 0.3) is 0 Å². The molecule has 7 heteroatoms. The molecule has 28 heavy (non-hydrogen) atoms. The van der Waals surface area contributed by atoms with E-state index in [0.29, 0.717) is 11.1 Å². The molecule has 5 nitrogen and oxygen atoms in total. The van der Waals surface area contributed by atoms with Crippen molar-refractivity contribution in [2.75, 3.05) is 6.16 Å². The quantitative estimate of drug-likeness (QED) is 0.589. The number of hydrogen-bond donors (Lipinski definition) is 3. The van der Waals surface area contributed by atoms with Gasteiger partial charge in [-0.3, -0.25) is 9.36 Å². The highest BCUT2D eigenvalue weighted by atomic mass is 31.2. The van der Waals surface area contributed by atoms with Crippen LogP contribution >= 0.6 is 7.37 Å². The molecule has 0 bridgehead atoms. The average molecular weight is 406 g/mol. The molecule has 0 spiro atoms. The first kappa shape index (κ1) is 22.0. The number of carboxylic acid groups (broad SMARTS) is 1. The molecule has 150 valence electrons. The van der Waals surface area contributed by atoms with Gasteiger partial charge in [0.1, 0.15) is 5.82 Å². The Morgan fingerprint density at radius 3 is 2.46 bits per heavy atom. The number of aliphatic hydroxyl groups is 1. The van der Waals surface area contributed by atoms with E-state index in [4.69, 9.17) is 5.11 Å². The Labute approximate surface area is 163 Å². The monoisotopic (exact) mass is 406 g/mol. The molecular weight excluding hydrogens is 382 g/mol. The number of rotatable bonds is 7. The summed E-state index contributed by atoms with van der Waals surface area (Å²) < 4.78 is 26.0. The summed E-state index contributed by atoms with van der Waals surface area (Å²) in [6.07, 6.45) is -1.03. The van der Waals surface area contributed by atoms with Crippen molar-refractivity contribution in [3.63, 3.8) is 0 Å². The predicted molar refractivity (Wildman–Crippen MR) is 108 cm³/mol. The Kier molecular flexibility index (Phi) is 6.94. The van der Waals surface area contributed by atoms with Crippen LogP contribution in [0.4, 0.5) is 4.39 Å². The maximum Gasteiger partial charge on any atom is 0.305 e. The van der Waals surface area contributed by atoms with Crippen LogP contribution in [0.25, 0.3) is 17.2 Å². The minimum atomic E-state index is -3.88. The SMILES string of the molecule is Cc1cc(C)c(/C=C/P(=O)(O)C[C@H](O)CC(=O)O)c(-c2ccc(F)c(C)c2)c1. The van der Waals surface area contributed by atoms with Crippen LogP contribution in [0.2, 0.25) is 0 Å². The van der Waals surface area contributed by atoms with E-state index in [9.17, 15) is 23.7 Å². The second kappa shape index (κ2) is 8.82. The topological polar surface area (TPSA) is 94.8 Å². The van der Waals surface area contributed by atoms with Crippen LogP contribution < -0.4 is 0 Å². The van der Waals surface area contributed by atoms with E-state index < -0.39 is 32.0 Å². The number of benzene rings is 2. The molecule has 0 amide bonds. The number of aliphatic hydroxyl groups excluding tert-OH is 1. The Hall–Kier alpha value is -2.27. The van der Waals surface area contributed by atoms with Crippen molar-refractivity contribution in [3.05, 3.63) is 64.2 Å². The second-order valence-electron chi connectivity index (χ2n) is 7.01.